The lowest BCUT2D eigenvalue weighted by Gasteiger charge is -2.05. The lowest BCUT2D eigenvalue weighted by molar-refractivity contribution is 0.532. The Morgan fingerprint density at radius 1 is 1.33 bits per heavy atom. The molecule has 0 unspecified atom stereocenters. The second kappa shape index (κ2) is 3.50. The summed E-state index contributed by atoms with van der Waals surface area (Å²) in [6, 6.07) is 0. The molecule has 0 rings (SSSR count). The van der Waals surface area contributed by atoms with Crippen molar-refractivity contribution in [3.63, 3.8) is 0 Å². The summed E-state index contributed by atoms with van der Waals surface area (Å²) >= 11 is 4.06. The summed E-state index contributed by atoms with van der Waals surface area (Å²) in [6.07, 6.45) is 0. The smallest absolute Gasteiger partial charge is 0.00584 e. The molecule has 38 valence electrons. The van der Waals surface area contributed by atoms with Crippen LogP contribution in [-0.2, 0) is 0 Å². The van der Waals surface area contributed by atoms with Crippen molar-refractivity contribution in [2.75, 3.05) is 13.1 Å². The molecule has 0 aliphatic heterocycles. The molecule has 0 radical (unpaired) electrons. The Morgan fingerprint density at radius 2 is 1.67 bits per heavy atom. The average molecular weight is 105 g/mol. The Balaban J connectivity index is 2.75. The van der Waals surface area contributed by atoms with Gasteiger partial charge in [-0.25, -0.2) is 0 Å². The quantitative estimate of drug-likeness (QED) is 0.516. The van der Waals surface area contributed by atoms with Gasteiger partial charge in [0.2, 0.25) is 0 Å². The minimum atomic E-state index is 1.03. The Hall–Kier alpha value is 0.310. The van der Waals surface area contributed by atoms with E-state index in [0.717, 1.165) is 13.1 Å². The second-order valence-electron chi connectivity index (χ2n) is 1.14. The first-order valence-corrected chi connectivity index (χ1v) is 2.65. The van der Waals surface area contributed by atoms with Gasteiger partial charge in [-0.3, -0.25) is 4.31 Å². The van der Waals surface area contributed by atoms with Gasteiger partial charge in [0, 0.05) is 13.1 Å². The van der Waals surface area contributed by atoms with E-state index in [1.54, 1.807) is 0 Å². The van der Waals surface area contributed by atoms with Crippen molar-refractivity contribution in [2.45, 2.75) is 13.8 Å². The van der Waals surface area contributed by atoms with Crippen molar-refractivity contribution < 1.29 is 0 Å². The van der Waals surface area contributed by atoms with Gasteiger partial charge in [0.1, 0.15) is 0 Å². The number of thiol groups is 1. The van der Waals surface area contributed by atoms with Crippen LogP contribution in [0.5, 0.6) is 0 Å². The van der Waals surface area contributed by atoms with Crippen LogP contribution in [0, 0.1) is 0 Å². The third kappa shape index (κ3) is 2.54. The minimum Gasteiger partial charge on any atom is -0.254 e. The van der Waals surface area contributed by atoms with E-state index in [1.165, 1.54) is 0 Å². The Labute approximate surface area is 44.9 Å². The van der Waals surface area contributed by atoms with Gasteiger partial charge in [-0.1, -0.05) is 26.7 Å². The Kier molecular flexibility index (Phi) is 3.68. The molecule has 0 saturated heterocycles. The van der Waals surface area contributed by atoms with Gasteiger partial charge >= 0.3 is 0 Å². The largest absolute Gasteiger partial charge is 0.254 e. The van der Waals surface area contributed by atoms with E-state index >= 15 is 0 Å². The normalized spacial score (nSPS) is 10.0. The van der Waals surface area contributed by atoms with Crippen molar-refractivity contribution in [3.8, 4) is 0 Å². The van der Waals surface area contributed by atoms with Crippen molar-refractivity contribution in [1.29, 1.82) is 0 Å². The maximum absolute atomic E-state index is 4.06. The highest BCUT2D eigenvalue weighted by atomic mass is 32.1. The molecule has 0 aromatic heterocycles. The molecule has 2 heteroatoms. The van der Waals surface area contributed by atoms with E-state index < -0.39 is 0 Å². The molecule has 0 N–H and O–H groups in total. The molecule has 0 spiro atoms. The summed E-state index contributed by atoms with van der Waals surface area (Å²) in [5.41, 5.74) is 0. The first-order valence-electron chi connectivity index (χ1n) is 2.25. The first kappa shape index (κ1) is 6.31. The van der Waals surface area contributed by atoms with Gasteiger partial charge in [0.05, 0.1) is 0 Å². The first-order chi connectivity index (χ1) is 2.81. The number of hydrogen-bond acceptors (Lipinski definition) is 2. The summed E-state index contributed by atoms with van der Waals surface area (Å²) in [7, 11) is 0. The van der Waals surface area contributed by atoms with Crippen molar-refractivity contribution >= 4 is 12.8 Å². The monoisotopic (exact) mass is 105 g/mol. The maximum Gasteiger partial charge on any atom is 0.00584 e. The fourth-order valence-electron chi connectivity index (χ4n) is 0.224. The summed E-state index contributed by atoms with van der Waals surface area (Å²) in [5.74, 6) is 0. The third-order valence-electron chi connectivity index (χ3n) is 0.730. The molecule has 6 heavy (non-hydrogen) atoms. The zero-order valence-corrected chi connectivity index (χ0v) is 5.20. The van der Waals surface area contributed by atoms with Crippen LogP contribution < -0.4 is 0 Å². The van der Waals surface area contributed by atoms with E-state index in [0.29, 0.717) is 0 Å². The lowest BCUT2D eigenvalue weighted by atomic mass is 10.7. The number of hydrogen-bond donors (Lipinski definition) is 1. The van der Waals surface area contributed by atoms with Gasteiger partial charge in [-0.2, -0.15) is 0 Å². The highest BCUT2D eigenvalue weighted by molar-refractivity contribution is 7.77. The van der Waals surface area contributed by atoms with Crippen LogP contribution in [0.15, 0.2) is 0 Å². The van der Waals surface area contributed by atoms with E-state index in [-0.39, 0.29) is 0 Å². The fourth-order valence-corrected chi connectivity index (χ4v) is 0.224. The molecule has 0 aliphatic rings. The topological polar surface area (TPSA) is 3.24 Å². The molecule has 0 heterocycles. The summed E-state index contributed by atoms with van der Waals surface area (Å²) in [6.45, 7) is 6.21. The Morgan fingerprint density at radius 3 is 1.67 bits per heavy atom. The van der Waals surface area contributed by atoms with Crippen LogP contribution in [-0.4, -0.2) is 17.4 Å². The van der Waals surface area contributed by atoms with Gasteiger partial charge in [-0.05, 0) is 0 Å². The van der Waals surface area contributed by atoms with Crippen molar-refractivity contribution in [3.05, 3.63) is 0 Å². The standard InChI is InChI=1S/C4H11NS/c1-3-5(6)4-2/h6H,3-4H2,1-2H3. The third-order valence-corrected chi connectivity index (χ3v) is 1.30. The van der Waals surface area contributed by atoms with Gasteiger partial charge in [-0.15, -0.1) is 0 Å². The highest BCUT2D eigenvalue weighted by Gasteiger charge is 1.83. The fraction of sp³-hybridized carbons (Fsp3) is 1.00. The SMILES string of the molecule is CCN(S)CC. The van der Waals surface area contributed by atoms with Crippen LogP contribution in [0.25, 0.3) is 0 Å². The van der Waals surface area contributed by atoms with E-state index in [1.807, 2.05) is 4.31 Å². The molecule has 1 nitrogen and oxygen atoms in total. The molecule has 0 aliphatic carbocycles. The maximum atomic E-state index is 4.06. The predicted molar refractivity (Wildman–Crippen MR) is 31.9 cm³/mol. The molecule has 0 aromatic rings. The van der Waals surface area contributed by atoms with E-state index in [4.69, 9.17) is 0 Å². The number of rotatable bonds is 2. The summed E-state index contributed by atoms with van der Waals surface area (Å²) in [4.78, 5) is 0. The molecule has 0 aromatic carbocycles. The molecule has 0 saturated carbocycles. The van der Waals surface area contributed by atoms with Crippen LogP contribution in [0.4, 0.5) is 0 Å². The average Bonchev–Trinajstić information content (AvgIpc) is 1.65. The highest BCUT2D eigenvalue weighted by Crippen LogP contribution is 1.86. The van der Waals surface area contributed by atoms with Crippen molar-refractivity contribution in [2.24, 2.45) is 0 Å². The Bertz CT molecular complexity index is 26.7. The zero-order chi connectivity index (χ0) is 4.99. The minimum absolute atomic E-state index is 1.03. The second-order valence-corrected chi connectivity index (χ2v) is 1.70. The molecular formula is C4H11NS. The molecular weight excluding hydrogens is 94.1 g/mol. The van der Waals surface area contributed by atoms with Crippen LogP contribution in [0.1, 0.15) is 13.8 Å². The lowest BCUT2D eigenvalue weighted by Crippen LogP contribution is -2.08. The van der Waals surface area contributed by atoms with Gasteiger partial charge in [0.15, 0.2) is 0 Å². The predicted octanol–water partition coefficient (Wildman–Crippen LogP) is 1.17. The number of nitrogens with zero attached hydrogens (tertiary/aromatic N) is 1. The van der Waals surface area contributed by atoms with Gasteiger partial charge < -0.3 is 0 Å². The zero-order valence-electron chi connectivity index (χ0n) is 4.31. The summed E-state index contributed by atoms with van der Waals surface area (Å²) in [5, 5.41) is 0. The van der Waals surface area contributed by atoms with E-state index in [9.17, 15) is 0 Å². The van der Waals surface area contributed by atoms with Crippen molar-refractivity contribution in [1.82, 2.24) is 4.31 Å². The van der Waals surface area contributed by atoms with E-state index in [2.05, 4.69) is 26.7 Å². The summed E-state index contributed by atoms with van der Waals surface area (Å²) < 4.78 is 1.94. The molecule has 0 bridgehead atoms. The molecule has 0 fully saturated rings. The van der Waals surface area contributed by atoms with Crippen LogP contribution in [0.3, 0.4) is 0 Å². The molecule has 0 amide bonds. The van der Waals surface area contributed by atoms with Crippen LogP contribution in [0.2, 0.25) is 0 Å². The van der Waals surface area contributed by atoms with Crippen LogP contribution >= 0.6 is 12.8 Å². The molecule has 0 atom stereocenters. The van der Waals surface area contributed by atoms with Gasteiger partial charge in [0.25, 0.3) is 0 Å².